The van der Waals surface area contributed by atoms with Gasteiger partial charge in [0, 0.05) is 24.4 Å². The number of carbonyl (C=O) groups is 1. The molecule has 2 aromatic rings. The van der Waals surface area contributed by atoms with Crippen molar-refractivity contribution in [2.75, 3.05) is 26.3 Å². The molecule has 0 aliphatic carbocycles. The van der Waals surface area contributed by atoms with E-state index in [-0.39, 0.29) is 17.9 Å². The van der Waals surface area contributed by atoms with E-state index in [0.717, 1.165) is 11.1 Å². The van der Waals surface area contributed by atoms with Gasteiger partial charge in [-0.2, -0.15) is 4.31 Å². The number of hydrogen-bond donors (Lipinski definition) is 1. The number of nitrogens with zero attached hydrogens (tertiary/aromatic N) is 1. The number of nitrogens with one attached hydrogen (secondary N) is 1. The zero-order chi connectivity index (χ0) is 22.6. The van der Waals surface area contributed by atoms with Gasteiger partial charge in [0.15, 0.2) is 11.5 Å². The minimum atomic E-state index is -3.51. The molecule has 2 aliphatic heterocycles. The molecule has 32 heavy (non-hydrogen) atoms. The third-order valence-electron chi connectivity index (χ3n) is 5.84. The Bertz CT molecular complexity index is 1080. The third-order valence-corrected chi connectivity index (χ3v) is 7.41. The van der Waals surface area contributed by atoms with Gasteiger partial charge in [0.1, 0.15) is 13.2 Å². The first-order valence-corrected chi connectivity index (χ1v) is 12.4. The maximum absolute atomic E-state index is 12.8. The van der Waals surface area contributed by atoms with Crippen LogP contribution >= 0.6 is 0 Å². The van der Waals surface area contributed by atoms with Gasteiger partial charge in [0.2, 0.25) is 15.9 Å². The van der Waals surface area contributed by atoms with E-state index in [4.69, 9.17) is 9.47 Å². The number of hydrogen-bond acceptors (Lipinski definition) is 5. The van der Waals surface area contributed by atoms with Crippen LogP contribution in [0.15, 0.2) is 53.9 Å². The maximum Gasteiger partial charge on any atom is 0.236 e. The molecule has 8 heteroatoms. The lowest BCUT2D eigenvalue weighted by molar-refractivity contribution is -0.126. The molecule has 1 fully saturated rings. The molecule has 0 bridgehead atoms. The Morgan fingerprint density at radius 3 is 2.47 bits per heavy atom. The van der Waals surface area contributed by atoms with E-state index < -0.39 is 10.0 Å². The van der Waals surface area contributed by atoms with E-state index in [1.165, 1.54) is 9.71 Å². The van der Waals surface area contributed by atoms with Crippen molar-refractivity contribution in [1.29, 1.82) is 0 Å². The summed E-state index contributed by atoms with van der Waals surface area (Å²) in [6.45, 7) is 3.64. The quantitative estimate of drug-likeness (QED) is 0.721. The number of fused-ring (bicyclic) bond motifs is 1. The van der Waals surface area contributed by atoms with E-state index >= 15 is 0 Å². The van der Waals surface area contributed by atoms with Crippen molar-refractivity contribution in [2.45, 2.75) is 25.8 Å². The molecule has 7 nitrogen and oxygen atoms in total. The van der Waals surface area contributed by atoms with Crippen LogP contribution in [-0.4, -0.2) is 44.9 Å². The van der Waals surface area contributed by atoms with E-state index in [0.29, 0.717) is 50.6 Å². The van der Waals surface area contributed by atoms with Gasteiger partial charge >= 0.3 is 0 Å². The standard InChI is InChI=1S/C24H28N2O5S/c1-18(21-7-8-22-23(17-21)31-15-14-30-22)25-24(27)20-9-12-26(13-10-20)32(28,29)16-11-19-5-3-2-4-6-19/h2-8,11,16-18,20H,9-10,12-15H2,1H3,(H,25,27)/b16-11+/t18-/m1/s1. The van der Waals surface area contributed by atoms with Crippen LogP contribution in [0, 0.1) is 5.92 Å². The van der Waals surface area contributed by atoms with Crippen molar-refractivity contribution in [3.8, 4) is 11.5 Å². The largest absolute Gasteiger partial charge is 0.486 e. The summed E-state index contributed by atoms with van der Waals surface area (Å²) >= 11 is 0. The summed E-state index contributed by atoms with van der Waals surface area (Å²) in [7, 11) is -3.51. The fraction of sp³-hybridized carbons (Fsp3) is 0.375. The lowest BCUT2D eigenvalue weighted by Gasteiger charge is -2.30. The maximum atomic E-state index is 12.8. The Balaban J connectivity index is 1.31. The average molecular weight is 457 g/mol. The number of sulfonamides is 1. The number of benzene rings is 2. The number of rotatable bonds is 6. The SMILES string of the molecule is C[C@@H](NC(=O)C1CCN(S(=O)(=O)/C=C/c2ccccc2)CC1)c1ccc2c(c1)OCCO2. The summed E-state index contributed by atoms with van der Waals surface area (Å²) in [6.07, 6.45) is 2.60. The van der Waals surface area contributed by atoms with E-state index in [9.17, 15) is 13.2 Å². The van der Waals surface area contributed by atoms with Crippen molar-refractivity contribution >= 4 is 22.0 Å². The van der Waals surface area contributed by atoms with E-state index in [2.05, 4.69) is 5.32 Å². The highest BCUT2D eigenvalue weighted by Crippen LogP contribution is 2.32. The summed E-state index contributed by atoms with van der Waals surface area (Å²) in [6, 6.07) is 14.8. The summed E-state index contributed by atoms with van der Waals surface area (Å²) < 4.78 is 37.9. The molecular weight excluding hydrogens is 428 g/mol. The fourth-order valence-electron chi connectivity index (χ4n) is 3.93. The molecule has 2 aliphatic rings. The van der Waals surface area contributed by atoms with Gasteiger partial charge in [-0.25, -0.2) is 8.42 Å². The number of amides is 1. The van der Waals surface area contributed by atoms with Gasteiger partial charge in [-0.3, -0.25) is 4.79 Å². The summed E-state index contributed by atoms with van der Waals surface area (Å²) in [5, 5.41) is 4.30. The molecule has 2 heterocycles. The Kier molecular flexibility index (Phi) is 6.81. The molecule has 1 atom stereocenters. The molecule has 0 unspecified atom stereocenters. The highest BCUT2D eigenvalue weighted by Gasteiger charge is 2.30. The minimum absolute atomic E-state index is 0.0516. The highest BCUT2D eigenvalue weighted by atomic mass is 32.2. The molecule has 0 aromatic heterocycles. The third kappa shape index (κ3) is 5.31. The first-order chi connectivity index (χ1) is 15.4. The van der Waals surface area contributed by atoms with Gasteiger partial charge in [-0.1, -0.05) is 36.4 Å². The van der Waals surface area contributed by atoms with Crippen LogP contribution in [0.2, 0.25) is 0 Å². The molecule has 170 valence electrons. The Labute approximate surface area is 189 Å². The van der Waals surface area contributed by atoms with Gasteiger partial charge in [-0.15, -0.1) is 0 Å². The Hall–Kier alpha value is -2.84. The van der Waals surface area contributed by atoms with Crippen LogP contribution in [0.4, 0.5) is 0 Å². The van der Waals surface area contributed by atoms with E-state index in [1.807, 2.05) is 55.5 Å². The van der Waals surface area contributed by atoms with Gasteiger partial charge in [0.25, 0.3) is 0 Å². The van der Waals surface area contributed by atoms with Crippen molar-refractivity contribution in [3.05, 3.63) is 65.1 Å². The smallest absolute Gasteiger partial charge is 0.236 e. The second kappa shape index (κ2) is 9.75. The van der Waals surface area contributed by atoms with Crippen molar-refractivity contribution < 1.29 is 22.7 Å². The highest BCUT2D eigenvalue weighted by molar-refractivity contribution is 7.92. The van der Waals surface area contributed by atoms with Crippen LogP contribution in [0.1, 0.15) is 36.9 Å². The molecule has 1 N–H and O–H groups in total. The van der Waals surface area contributed by atoms with Crippen LogP contribution in [0.5, 0.6) is 11.5 Å². The average Bonchev–Trinajstić information content (AvgIpc) is 2.83. The molecule has 2 aromatic carbocycles. The fourth-order valence-corrected chi connectivity index (χ4v) is 5.15. The van der Waals surface area contributed by atoms with Crippen LogP contribution < -0.4 is 14.8 Å². The summed E-state index contributed by atoms with van der Waals surface area (Å²) in [4.78, 5) is 12.8. The van der Waals surface area contributed by atoms with Gasteiger partial charge in [-0.05, 0) is 49.1 Å². The minimum Gasteiger partial charge on any atom is -0.486 e. The second-order valence-electron chi connectivity index (χ2n) is 8.07. The molecule has 1 saturated heterocycles. The lowest BCUT2D eigenvalue weighted by Crippen LogP contribution is -2.42. The normalized spacial score (nSPS) is 18.4. The van der Waals surface area contributed by atoms with Crippen LogP contribution in [-0.2, 0) is 14.8 Å². The van der Waals surface area contributed by atoms with E-state index in [1.54, 1.807) is 6.08 Å². The predicted octanol–water partition coefficient (Wildman–Crippen LogP) is 3.35. The van der Waals surface area contributed by atoms with Crippen molar-refractivity contribution in [1.82, 2.24) is 9.62 Å². The molecule has 0 spiro atoms. The number of piperidine rings is 1. The van der Waals surface area contributed by atoms with Crippen LogP contribution in [0.3, 0.4) is 0 Å². The Morgan fingerprint density at radius 1 is 1.06 bits per heavy atom. The first kappa shape index (κ1) is 22.4. The lowest BCUT2D eigenvalue weighted by atomic mass is 9.96. The molecule has 0 saturated carbocycles. The summed E-state index contributed by atoms with van der Waals surface area (Å²) in [5.74, 6) is 1.15. The zero-order valence-electron chi connectivity index (χ0n) is 18.1. The van der Waals surface area contributed by atoms with Crippen LogP contribution in [0.25, 0.3) is 6.08 Å². The number of carbonyl (C=O) groups excluding carboxylic acids is 1. The van der Waals surface area contributed by atoms with Crippen molar-refractivity contribution in [2.24, 2.45) is 5.92 Å². The molecule has 0 radical (unpaired) electrons. The number of ether oxygens (including phenoxy) is 2. The predicted molar refractivity (Wildman–Crippen MR) is 123 cm³/mol. The van der Waals surface area contributed by atoms with Gasteiger partial charge in [0.05, 0.1) is 6.04 Å². The molecule has 4 rings (SSSR count). The van der Waals surface area contributed by atoms with Crippen molar-refractivity contribution in [3.63, 3.8) is 0 Å². The molecule has 1 amide bonds. The Morgan fingerprint density at radius 2 is 1.75 bits per heavy atom. The first-order valence-electron chi connectivity index (χ1n) is 10.9. The zero-order valence-corrected chi connectivity index (χ0v) is 18.9. The monoisotopic (exact) mass is 456 g/mol. The topological polar surface area (TPSA) is 84.9 Å². The van der Waals surface area contributed by atoms with Gasteiger partial charge < -0.3 is 14.8 Å². The summed E-state index contributed by atoms with van der Waals surface area (Å²) in [5.41, 5.74) is 1.77. The second-order valence-corrected chi connectivity index (χ2v) is 9.88. The molecular formula is C24H28N2O5S.